The van der Waals surface area contributed by atoms with Crippen LogP contribution in [0.15, 0.2) is 26.9 Å². The zero-order valence-corrected chi connectivity index (χ0v) is 9.76. The maximum Gasteiger partial charge on any atom is 0.0711 e. The first kappa shape index (κ1) is 8.60. The van der Waals surface area contributed by atoms with Gasteiger partial charge < -0.3 is 0 Å². The highest BCUT2D eigenvalue weighted by molar-refractivity contribution is 9.11. The number of hydrogen-bond donors (Lipinski definition) is 1. The fourth-order valence-corrected chi connectivity index (χ4v) is 3.23. The van der Waals surface area contributed by atoms with Gasteiger partial charge in [-0.3, -0.25) is 0 Å². The Morgan fingerprint density at radius 3 is 2.83 bits per heavy atom. The van der Waals surface area contributed by atoms with Crippen LogP contribution < -0.4 is 0 Å². The fourth-order valence-electron chi connectivity index (χ4n) is 1.25. The van der Waals surface area contributed by atoms with E-state index in [9.17, 15) is 0 Å². The number of halogens is 1. The first-order valence-corrected chi connectivity index (χ1v) is 5.61. The van der Waals surface area contributed by atoms with Crippen LogP contribution in [0.25, 0.3) is 10.1 Å². The van der Waals surface area contributed by atoms with Crippen LogP contribution in [-0.2, 0) is 0 Å². The molecular formula is C9H7BrS2. The molecule has 0 nitrogen and oxygen atoms in total. The molecule has 1 aromatic heterocycles. The van der Waals surface area contributed by atoms with E-state index < -0.39 is 0 Å². The molecule has 62 valence electrons. The zero-order chi connectivity index (χ0) is 8.72. The van der Waals surface area contributed by atoms with Crippen molar-refractivity contribution in [3.63, 3.8) is 0 Å². The van der Waals surface area contributed by atoms with E-state index in [-0.39, 0.29) is 0 Å². The van der Waals surface area contributed by atoms with Crippen LogP contribution in [0.5, 0.6) is 0 Å². The fraction of sp³-hybridized carbons (Fsp3) is 0.111. The van der Waals surface area contributed by atoms with E-state index in [0.717, 1.165) is 4.90 Å². The summed E-state index contributed by atoms with van der Waals surface area (Å²) in [4.78, 5) is 1.07. The van der Waals surface area contributed by atoms with Crippen molar-refractivity contribution in [2.75, 3.05) is 0 Å². The van der Waals surface area contributed by atoms with Crippen molar-refractivity contribution >= 4 is 50.0 Å². The van der Waals surface area contributed by atoms with Gasteiger partial charge in [0.05, 0.1) is 3.79 Å². The predicted molar refractivity (Wildman–Crippen MR) is 61.5 cm³/mol. The number of aryl methyl sites for hydroxylation is 1. The van der Waals surface area contributed by atoms with Gasteiger partial charge in [0.25, 0.3) is 0 Å². The Kier molecular flexibility index (Phi) is 2.19. The van der Waals surface area contributed by atoms with Crippen LogP contribution in [0, 0.1) is 6.92 Å². The summed E-state index contributed by atoms with van der Waals surface area (Å²) in [5.74, 6) is 0. The van der Waals surface area contributed by atoms with Crippen LogP contribution in [-0.4, -0.2) is 0 Å². The van der Waals surface area contributed by atoms with Gasteiger partial charge in [0, 0.05) is 9.60 Å². The highest BCUT2D eigenvalue weighted by atomic mass is 79.9. The lowest BCUT2D eigenvalue weighted by Gasteiger charge is -1.96. The average molecular weight is 259 g/mol. The van der Waals surface area contributed by atoms with Gasteiger partial charge in [-0.2, -0.15) is 0 Å². The minimum absolute atomic E-state index is 1.07. The van der Waals surface area contributed by atoms with Crippen molar-refractivity contribution in [1.82, 2.24) is 0 Å². The second kappa shape index (κ2) is 3.05. The SMILES string of the molecule is Cc1cc(S)c2sc(Br)cc2c1. The smallest absolute Gasteiger partial charge is 0.0711 e. The van der Waals surface area contributed by atoms with Crippen molar-refractivity contribution < 1.29 is 0 Å². The van der Waals surface area contributed by atoms with Crippen molar-refractivity contribution in [3.05, 3.63) is 27.5 Å². The van der Waals surface area contributed by atoms with E-state index in [4.69, 9.17) is 0 Å². The van der Waals surface area contributed by atoms with E-state index in [1.165, 1.54) is 19.4 Å². The lowest BCUT2D eigenvalue weighted by Crippen LogP contribution is -1.71. The van der Waals surface area contributed by atoms with Crippen molar-refractivity contribution in [2.24, 2.45) is 0 Å². The maximum atomic E-state index is 4.42. The standard InChI is InChI=1S/C9H7BrS2/c1-5-2-6-4-8(10)12-9(6)7(11)3-5/h2-4,11H,1H3. The number of thiol groups is 1. The Balaban J connectivity index is 2.88. The molecule has 0 aliphatic heterocycles. The van der Waals surface area contributed by atoms with Gasteiger partial charge >= 0.3 is 0 Å². The first-order chi connectivity index (χ1) is 5.66. The van der Waals surface area contributed by atoms with Crippen LogP contribution in [0.3, 0.4) is 0 Å². The molecule has 0 unspecified atom stereocenters. The lowest BCUT2D eigenvalue weighted by atomic mass is 10.2. The van der Waals surface area contributed by atoms with Crippen LogP contribution >= 0.6 is 39.9 Å². The molecule has 0 bridgehead atoms. The summed E-state index contributed by atoms with van der Waals surface area (Å²) in [5, 5.41) is 1.27. The zero-order valence-electron chi connectivity index (χ0n) is 6.47. The summed E-state index contributed by atoms with van der Waals surface area (Å²) < 4.78 is 2.43. The Bertz CT molecular complexity index is 431. The number of thiophene rings is 1. The van der Waals surface area contributed by atoms with E-state index >= 15 is 0 Å². The van der Waals surface area contributed by atoms with E-state index in [0.29, 0.717) is 0 Å². The number of fused-ring (bicyclic) bond motifs is 1. The lowest BCUT2D eigenvalue weighted by molar-refractivity contribution is 1.44. The van der Waals surface area contributed by atoms with Crippen LogP contribution in [0.4, 0.5) is 0 Å². The summed E-state index contributed by atoms with van der Waals surface area (Å²) in [5.41, 5.74) is 1.26. The molecule has 3 heteroatoms. The number of rotatable bonds is 0. The van der Waals surface area contributed by atoms with Gasteiger partial charge in [0.1, 0.15) is 0 Å². The summed E-state index contributed by atoms with van der Waals surface area (Å²) in [6, 6.07) is 6.40. The first-order valence-electron chi connectivity index (χ1n) is 3.55. The molecule has 0 radical (unpaired) electrons. The molecule has 2 rings (SSSR count). The normalized spacial score (nSPS) is 10.9. The molecule has 0 spiro atoms. The third-order valence-corrected chi connectivity index (χ3v) is 3.90. The minimum atomic E-state index is 1.07. The Morgan fingerprint density at radius 2 is 2.08 bits per heavy atom. The molecule has 0 atom stereocenters. The largest absolute Gasteiger partial charge is 0.142 e. The Labute approximate surface area is 89.1 Å². The van der Waals surface area contributed by atoms with Gasteiger partial charge in [-0.25, -0.2) is 0 Å². The molecule has 0 N–H and O–H groups in total. The third-order valence-electron chi connectivity index (χ3n) is 1.71. The van der Waals surface area contributed by atoms with Crippen molar-refractivity contribution in [2.45, 2.75) is 11.8 Å². The van der Waals surface area contributed by atoms with E-state index in [1.54, 1.807) is 11.3 Å². The van der Waals surface area contributed by atoms with E-state index in [2.05, 4.69) is 53.7 Å². The molecule has 1 aromatic carbocycles. The van der Waals surface area contributed by atoms with Gasteiger partial charge in [-0.05, 0) is 45.9 Å². The molecule has 0 amide bonds. The quantitative estimate of drug-likeness (QED) is 0.671. The van der Waals surface area contributed by atoms with Crippen molar-refractivity contribution in [1.29, 1.82) is 0 Å². The molecule has 12 heavy (non-hydrogen) atoms. The second-order valence-corrected chi connectivity index (χ2v) is 5.67. The third kappa shape index (κ3) is 1.41. The number of hydrogen-bond acceptors (Lipinski definition) is 2. The Hall–Kier alpha value is 0.01000. The summed E-state index contributed by atoms with van der Waals surface area (Å²) in [6.07, 6.45) is 0. The topological polar surface area (TPSA) is 0 Å². The molecular weight excluding hydrogens is 252 g/mol. The molecule has 0 aliphatic carbocycles. The highest BCUT2D eigenvalue weighted by Crippen LogP contribution is 2.34. The second-order valence-electron chi connectivity index (χ2n) is 2.75. The van der Waals surface area contributed by atoms with Crippen LogP contribution in [0.1, 0.15) is 5.56 Å². The van der Waals surface area contributed by atoms with E-state index in [1.807, 2.05) is 0 Å². The van der Waals surface area contributed by atoms with Crippen LogP contribution in [0.2, 0.25) is 0 Å². The van der Waals surface area contributed by atoms with Gasteiger partial charge in [-0.1, -0.05) is 6.07 Å². The molecule has 0 saturated carbocycles. The van der Waals surface area contributed by atoms with Gasteiger partial charge in [0.15, 0.2) is 0 Å². The maximum absolute atomic E-state index is 4.42. The van der Waals surface area contributed by atoms with Gasteiger partial charge in [0.2, 0.25) is 0 Å². The molecule has 0 saturated heterocycles. The highest BCUT2D eigenvalue weighted by Gasteiger charge is 2.02. The molecule has 1 heterocycles. The minimum Gasteiger partial charge on any atom is -0.142 e. The predicted octanol–water partition coefficient (Wildman–Crippen LogP) is 4.26. The summed E-state index contributed by atoms with van der Waals surface area (Å²) in [6.45, 7) is 2.09. The Morgan fingerprint density at radius 1 is 1.33 bits per heavy atom. The molecule has 0 aliphatic rings. The molecule has 0 fully saturated rings. The summed E-state index contributed by atoms with van der Waals surface area (Å²) in [7, 11) is 0. The summed E-state index contributed by atoms with van der Waals surface area (Å²) >= 11 is 9.62. The molecule has 2 aromatic rings. The number of benzene rings is 1. The average Bonchev–Trinajstić information content (AvgIpc) is 2.29. The van der Waals surface area contributed by atoms with Crippen molar-refractivity contribution in [3.8, 4) is 0 Å². The van der Waals surface area contributed by atoms with Gasteiger partial charge in [-0.15, -0.1) is 24.0 Å². The monoisotopic (exact) mass is 258 g/mol.